The van der Waals surface area contributed by atoms with Gasteiger partial charge in [-0.05, 0) is 52.8 Å². The van der Waals surface area contributed by atoms with Gasteiger partial charge in [-0.25, -0.2) is 18.4 Å². The first-order chi connectivity index (χ1) is 22.3. The van der Waals surface area contributed by atoms with Crippen LogP contribution in [-0.2, 0) is 22.3 Å². The number of carbonyl (C=O) groups excluding carboxylic acids is 2. The molecule has 0 radical (unpaired) electrons. The summed E-state index contributed by atoms with van der Waals surface area (Å²) in [5.74, 6) is -2.87. The molecule has 0 unspecified atom stereocenters. The first-order valence-corrected chi connectivity index (χ1v) is 16.3. The minimum Gasteiger partial charge on any atom is -0.444 e. The number of anilines is 1. The molecule has 2 aliphatic heterocycles. The number of benzene rings is 2. The molecular weight excluding hydrogens is 681 g/mol. The van der Waals surface area contributed by atoms with Crippen molar-refractivity contribution in [3.63, 3.8) is 0 Å². The minimum absolute atomic E-state index is 0.0243. The smallest absolute Gasteiger partial charge is 0.417 e. The third kappa shape index (κ3) is 6.84. The molecule has 0 saturated carbocycles. The minimum atomic E-state index is -5.05. The third-order valence-corrected chi connectivity index (χ3v) is 9.53. The molecular formula is C32H33ClF5N5O4S. The topological polar surface area (TPSA) is 96.8 Å². The number of halogens is 6. The number of carbonyl (C=O) groups is 2. The van der Waals surface area contributed by atoms with Gasteiger partial charge in [0.1, 0.15) is 23.1 Å². The monoisotopic (exact) mass is 713 g/mol. The lowest BCUT2D eigenvalue weighted by Crippen LogP contribution is -2.58. The van der Waals surface area contributed by atoms with E-state index < -0.39 is 75.0 Å². The van der Waals surface area contributed by atoms with E-state index in [1.54, 1.807) is 44.4 Å². The van der Waals surface area contributed by atoms with Crippen LogP contribution in [0.5, 0.6) is 0 Å². The van der Waals surface area contributed by atoms with Gasteiger partial charge in [0.15, 0.2) is 0 Å². The van der Waals surface area contributed by atoms with Crippen molar-refractivity contribution in [1.29, 1.82) is 0 Å². The summed E-state index contributed by atoms with van der Waals surface area (Å²) in [7, 11) is 0. The number of alkyl halides is 3. The van der Waals surface area contributed by atoms with Gasteiger partial charge < -0.3 is 19.9 Å². The summed E-state index contributed by atoms with van der Waals surface area (Å²) in [5.41, 5.74) is -4.17. The van der Waals surface area contributed by atoms with Crippen molar-refractivity contribution in [2.24, 2.45) is 0 Å². The van der Waals surface area contributed by atoms with Crippen LogP contribution in [0.2, 0.25) is 5.02 Å². The van der Waals surface area contributed by atoms with E-state index in [2.05, 4.69) is 16.9 Å². The molecule has 16 heteroatoms. The Labute approximate surface area is 282 Å². The number of nitrogens with zero attached hydrogens (tertiary/aromatic N) is 4. The molecule has 1 N–H and O–H groups in total. The van der Waals surface area contributed by atoms with E-state index in [1.807, 2.05) is 0 Å². The Kier molecular flexibility index (Phi) is 9.51. The summed E-state index contributed by atoms with van der Waals surface area (Å²) in [6.07, 6.45) is -4.69. The van der Waals surface area contributed by atoms with Gasteiger partial charge in [0.05, 0.1) is 22.1 Å². The number of thioether (sulfide) groups is 1. The van der Waals surface area contributed by atoms with Crippen LogP contribution in [0.1, 0.15) is 40.2 Å². The standard InChI is InChI=1S/C32H33ClF5N5O4S/c1-7-24(44)43-15(2)11-41(12-16(43)3)28-19-8-20(32(36,37)38)25(18-9-21(33)23(35)10-22(18)34)27-26(19)42(29(45)40-28)13-17(14-48-27)39-30(46)47-31(4,5)6/h7-10,15-17H,1,11-14H2,2-6H3,(H,39,46)/t15-,16+,17-/m0/s1. The van der Waals surface area contributed by atoms with Crippen LogP contribution in [0.3, 0.4) is 0 Å². The van der Waals surface area contributed by atoms with Crippen molar-refractivity contribution in [2.75, 3.05) is 23.7 Å². The maximum Gasteiger partial charge on any atom is 0.417 e. The van der Waals surface area contributed by atoms with Crippen molar-refractivity contribution in [3.05, 3.63) is 63.6 Å². The summed E-state index contributed by atoms with van der Waals surface area (Å²) >= 11 is 6.82. The van der Waals surface area contributed by atoms with Crippen molar-refractivity contribution >= 4 is 52.1 Å². The van der Waals surface area contributed by atoms with E-state index >= 15 is 17.6 Å². The predicted molar refractivity (Wildman–Crippen MR) is 173 cm³/mol. The second-order valence-electron chi connectivity index (χ2n) is 12.8. The summed E-state index contributed by atoms with van der Waals surface area (Å²) in [6, 6.07) is 0.306. The van der Waals surface area contributed by atoms with Gasteiger partial charge in [-0.15, -0.1) is 11.8 Å². The molecule has 258 valence electrons. The molecule has 0 aliphatic carbocycles. The van der Waals surface area contributed by atoms with Gasteiger partial charge in [0.25, 0.3) is 0 Å². The van der Waals surface area contributed by atoms with Gasteiger partial charge in [0, 0.05) is 64.9 Å². The van der Waals surface area contributed by atoms with Gasteiger partial charge in [-0.2, -0.15) is 18.2 Å². The average molecular weight is 714 g/mol. The largest absolute Gasteiger partial charge is 0.444 e. The average Bonchev–Trinajstić information content (AvgIpc) is 3.15. The molecule has 1 aromatic heterocycles. The van der Waals surface area contributed by atoms with Gasteiger partial charge >= 0.3 is 18.0 Å². The highest BCUT2D eigenvalue weighted by molar-refractivity contribution is 7.99. The van der Waals surface area contributed by atoms with Crippen LogP contribution in [0, 0.1) is 11.6 Å². The molecule has 3 aromatic rings. The van der Waals surface area contributed by atoms with E-state index in [1.165, 1.54) is 6.08 Å². The highest BCUT2D eigenvalue weighted by atomic mass is 35.5. The Morgan fingerprint density at radius 3 is 2.31 bits per heavy atom. The summed E-state index contributed by atoms with van der Waals surface area (Å²) < 4.78 is 81.1. The second-order valence-corrected chi connectivity index (χ2v) is 14.2. The van der Waals surface area contributed by atoms with E-state index in [0.717, 1.165) is 28.5 Å². The molecule has 1 fully saturated rings. The molecule has 9 nitrogen and oxygen atoms in total. The van der Waals surface area contributed by atoms with Crippen molar-refractivity contribution in [2.45, 2.75) is 76.0 Å². The van der Waals surface area contributed by atoms with Gasteiger partial charge in [-0.1, -0.05) is 18.2 Å². The molecule has 48 heavy (non-hydrogen) atoms. The highest BCUT2D eigenvalue weighted by Gasteiger charge is 2.40. The number of piperazine rings is 1. The van der Waals surface area contributed by atoms with Crippen LogP contribution in [0.4, 0.5) is 32.6 Å². The first-order valence-electron chi connectivity index (χ1n) is 15.0. The van der Waals surface area contributed by atoms with Crippen LogP contribution in [0.15, 0.2) is 40.5 Å². The number of nitrogens with one attached hydrogen (secondary N) is 1. The van der Waals surface area contributed by atoms with Crippen LogP contribution in [-0.4, -0.2) is 69.0 Å². The molecule has 3 atom stereocenters. The van der Waals surface area contributed by atoms with Gasteiger partial charge in [0.2, 0.25) is 5.91 Å². The lowest BCUT2D eigenvalue weighted by atomic mass is 9.95. The molecule has 0 spiro atoms. The molecule has 3 heterocycles. The summed E-state index contributed by atoms with van der Waals surface area (Å²) in [4.78, 5) is 46.5. The normalized spacial score (nSPS) is 20.0. The summed E-state index contributed by atoms with van der Waals surface area (Å²) in [5, 5.41) is 2.02. The zero-order valence-corrected chi connectivity index (χ0v) is 28.2. The second kappa shape index (κ2) is 12.9. The zero-order chi connectivity index (χ0) is 35.5. The molecule has 2 aliphatic rings. The lowest BCUT2D eigenvalue weighted by Gasteiger charge is -2.44. The molecule has 2 amide bonds. The number of ether oxygens (including phenoxy) is 1. The number of hydrogen-bond acceptors (Lipinski definition) is 7. The van der Waals surface area contributed by atoms with E-state index in [9.17, 15) is 18.8 Å². The van der Waals surface area contributed by atoms with Crippen LogP contribution < -0.4 is 15.9 Å². The number of rotatable bonds is 4. The number of aromatic nitrogens is 2. The van der Waals surface area contributed by atoms with Crippen LogP contribution >= 0.6 is 23.4 Å². The zero-order valence-electron chi connectivity index (χ0n) is 26.7. The summed E-state index contributed by atoms with van der Waals surface area (Å²) in [6.45, 7) is 12.1. The molecule has 5 rings (SSSR count). The fourth-order valence-corrected chi connectivity index (χ4v) is 7.64. The fourth-order valence-electron chi connectivity index (χ4n) is 6.20. The SMILES string of the molecule is C=CC(=O)N1[C@H](C)CN(c2nc(=O)n3c4c(c(-c5cc(Cl)c(F)cc5F)c(C(F)(F)F)cc24)SC[C@@H](NC(=O)OC(C)(C)C)C3)C[C@@H]1C. The third-order valence-electron chi connectivity index (χ3n) is 7.98. The van der Waals surface area contributed by atoms with E-state index in [4.69, 9.17) is 16.3 Å². The fraction of sp³-hybridized carbons (Fsp3) is 0.438. The predicted octanol–water partition coefficient (Wildman–Crippen LogP) is 6.62. The quantitative estimate of drug-likeness (QED) is 0.184. The Morgan fingerprint density at radius 1 is 1.08 bits per heavy atom. The Bertz CT molecular complexity index is 1870. The van der Waals surface area contributed by atoms with Crippen molar-refractivity contribution in [3.8, 4) is 11.1 Å². The Balaban J connectivity index is 1.79. The Morgan fingerprint density at radius 2 is 1.73 bits per heavy atom. The number of hydrogen-bond donors (Lipinski definition) is 1. The van der Waals surface area contributed by atoms with Crippen molar-refractivity contribution < 1.29 is 36.3 Å². The molecule has 2 aromatic carbocycles. The Hall–Kier alpha value is -3.85. The van der Waals surface area contributed by atoms with E-state index in [-0.39, 0.29) is 52.9 Å². The maximum atomic E-state index is 15.4. The van der Waals surface area contributed by atoms with Crippen molar-refractivity contribution in [1.82, 2.24) is 19.8 Å². The first kappa shape index (κ1) is 35.5. The molecule has 1 saturated heterocycles. The maximum absolute atomic E-state index is 15.4. The number of alkyl carbamates (subject to hydrolysis) is 1. The van der Waals surface area contributed by atoms with Gasteiger partial charge in [-0.3, -0.25) is 9.36 Å². The number of amides is 2. The highest BCUT2D eigenvalue weighted by Crippen LogP contribution is 2.49. The lowest BCUT2D eigenvalue weighted by molar-refractivity contribution is -0.137. The van der Waals surface area contributed by atoms with E-state index in [0.29, 0.717) is 6.07 Å². The van der Waals surface area contributed by atoms with Crippen LogP contribution in [0.25, 0.3) is 22.0 Å². The molecule has 0 bridgehead atoms.